The van der Waals surface area contributed by atoms with Crippen LogP contribution in [-0.2, 0) is 16.1 Å². The van der Waals surface area contributed by atoms with Gasteiger partial charge in [-0.2, -0.15) is 0 Å². The summed E-state index contributed by atoms with van der Waals surface area (Å²) in [6, 6.07) is 37.6. The molecule has 0 radical (unpaired) electrons. The molecule has 0 bridgehead atoms. The van der Waals surface area contributed by atoms with E-state index < -0.39 is 11.9 Å². The zero-order valence-corrected chi connectivity index (χ0v) is 20.0. The molecule has 0 spiro atoms. The number of aliphatic carboxylic acids is 2. The summed E-state index contributed by atoms with van der Waals surface area (Å²) < 4.78 is 0. The lowest BCUT2D eigenvalue weighted by Crippen LogP contribution is -2.47. The largest absolute Gasteiger partial charge is 0.473 e. The van der Waals surface area contributed by atoms with Gasteiger partial charge in [0.1, 0.15) is 0 Å². The van der Waals surface area contributed by atoms with Gasteiger partial charge in [-0.25, -0.2) is 9.59 Å². The van der Waals surface area contributed by atoms with Crippen LogP contribution in [0.1, 0.15) is 22.7 Å². The van der Waals surface area contributed by atoms with Crippen molar-refractivity contribution in [1.82, 2.24) is 9.80 Å². The van der Waals surface area contributed by atoms with Gasteiger partial charge >= 0.3 is 11.9 Å². The van der Waals surface area contributed by atoms with Crippen LogP contribution >= 0.6 is 0 Å². The van der Waals surface area contributed by atoms with Crippen LogP contribution in [0.4, 0.5) is 0 Å². The number of piperazine rings is 1. The average molecular weight is 483 g/mol. The molecule has 0 aromatic heterocycles. The van der Waals surface area contributed by atoms with E-state index in [0.717, 1.165) is 32.7 Å². The third kappa shape index (κ3) is 6.36. The van der Waals surface area contributed by atoms with E-state index in [1.54, 1.807) is 0 Å². The third-order valence-electron chi connectivity index (χ3n) is 6.46. The van der Waals surface area contributed by atoms with E-state index in [2.05, 4.69) is 113 Å². The van der Waals surface area contributed by atoms with Gasteiger partial charge in [0, 0.05) is 32.7 Å². The molecule has 1 saturated heterocycles. The van der Waals surface area contributed by atoms with Crippen LogP contribution in [0.25, 0.3) is 10.8 Å². The highest BCUT2D eigenvalue weighted by Gasteiger charge is 2.26. The second-order valence-corrected chi connectivity index (χ2v) is 8.78. The third-order valence-corrected chi connectivity index (χ3v) is 6.46. The van der Waals surface area contributed by atoms with Gasteiger partial charge in [0.2, 0.25) is 0 Å². The van der Waals surface area contributed by atoms with E-state index >= 15 is 0 Å². The highest BCUT2D eigenvalue weighted by atomic mass is 16.4. The molecule has 1 aliphatic rings. The number of hydrogen-bond acceptors (Lipinski definition) is 4. The van der Waals surface area contributed by atoms with Gasteiger partial charge in [-0.05, 0) is 27.5 Å². The fourth-order valence-corrected chi connectivity index (χ4v) is 4.74. The summed E-state index contributed by atoms with van der Waals surface area (Å²) in [5.74, 6) is -3.65. The highest BCUT2D eigenvalue weighted by Crippen LogP contribution is 2.30. The Morgan fingerprint density at radius 2 is 1.14 bits per heavy atom. The maximum absolute atomic E-state index is 9.10. The van der Waals surface area contributed by atoms with Crippen molar-refractivity contribution in [3.05, 3.63) is 120 Å². The average Bonchev–Trinajstić information content (AvgIpc) is 2.92. The number of rotatable bonds is 5. The molecule has 0 atom stereocenters. The number of fused-ring (bicyclic) bond motifs is 1. The zero-order valence-electron chi connectivity index (χ0n) is 20.0. The molecular formula is C30H30N2O4. The van der Waals surface area contributed by atoms with Gasteiger partial charge in [0.25, 0.3) is 0 Å². The molecule has 1 fully saturated rings. The highest BCUT2D eigenvalue weighted by molar-refractivity contribution is 6.27. The number of nitrogens with zero attached hydrogens (tertiary/aromatic N) is 2. The Labute approximate surface area is 211 Å². The molecule has 0 amide bonds. The van der Waals surface area contributed by atoms with Crippen molar-refractivity contribution in [1.29, 1.82) is 0 Å². The minimum Gasteiger partial charge on any atom is -0.473 e. The van der Waals surface area contributed by atoms with Gasteiger partial charge in [0.15, 0.2) is 0 Å². The van der Waals surface area contributed by atoms with Crippen molar-refractivity contribution in [3.8, 4) is 0 Å². The van der Waals surface area contributed by atoms with Gasteiger partial charge in [0.05, 0.1) is 6.04 Å². The summed E-state index contributed by atoms with van der Waals surface area (Å²) in [7, 11) is 0. The Balaban J connectivity index is 0.000000455. The van der Waals surface area contributed by atoms with Crippen LogP contribution < -0.4 is 0 Å². The standard InChI is InChI=1S/C28H28N2.C2H2O4/c1-3-11-24(12-4-1)28(25-13-5-2-6-14-25)30-20-18-29(19-21-30)22-26-16-9-15-23-10-7-8-17-27(23)26;3-1(4)2(5)6/h1-17,28H,18-22H2;(H,3,4)(H,5,6). The Hall–Kier alpha value is -4.00. The minimum atomic E-state index is -1.82. The van der Waals surface area contributed by atoms with Crippen molar-refractivity contribution in [3.63, 3.8) is 0 Å². The molecule has 6 nitrogen and oxygen atoms in total. The number of carboxylic acid groups (broad SMARTS) is 2. The molecule has 36 heavy (non-hydrogen) atoms. The van der Waals surface area contributed by atoms with Crippen LogP contribution in [0.3, 0.4) is 0 Å². The maximum atomic E-state index is 9.10. The first-order valence-corrected chi connectivity index (χ1v) is 12.0. The number of carboxylic acids is 2. The Morgan fingerprint density at radius 3 is 1.69 bits per heavy atom. The van der Waals surface area contributed by atoms with E-state index in [4.69, 9.17) is 19.8 Å². The number of benzene rings is 4. The molecule has 1 heterocycles. The van der Waals surface area contributed by atoms with Crippen molar-refractivity contribution in [2.24, 2.45) is 0 Å². The van der Waals surface area contributed by atoms with Crippen molar-refractivity contribution >= 4 is 22.7 Å². The van der Waals surface area contributed by atoms with Crippen molar-refractivity contribution in [2.45, 2.75) is 12.6 Å². The molecular weight excluding hydrogens is 452 g/mol. The molecule has 184 valence electrons. The van der Waals surface area contributed by atoms with Gasteiger partial charge in [-0.1, -0.05) is 103 Å². The maximum Gasteiger partial charge on any atom is 0.414 e. The SMILES string of the molecule is O=C(O)C(=O)O.c1ccc(C(c2ccccc2)N2CCN(Cc3cccc4ccccc34)CC2)cc1. The molecule has 2 N–H and O–H groups in total. The normalized spacial score (nSPS) is 14.2. The second-order valence-electron chi connectivity index (χ2n) is 8.78. The van der Waals surface area contributed by atoms with Gasteiger partial charge in [-0.3, -0.25) is 9.80 Å². The monoisotopic (exact) mass is 482 g/mol. The molecule has 6 heteroatoms. The van der Waals surface area contributed by atoms with E-state index in [-0.39, 0.29) is 0 Å². The van der Waals surface area contributed by atoms with E-state index in [1.807, 2.05) is 0 Å². The van der Waals surface area contributed by atoms with Crippen LogP contribution in [0, 0.1) is 0 Å². The first-order chi connectivity index (χ1) is 17.5. The fraction of sp³-hybridized carbons (Fsp3) is 0.200. The molecule has 1 aliphatic heterocycles. The smallest absolute Gasteiger partial charge is 0.414 e. The first-order valence-electron chi connectivity index (χ1n) is 12.0. The summed E-state index contributed by atoms with van der Waals surface area (Å²) in [5.41, 5.74) is 4.20. The quantitative estimate of drug-likeness (QED) is 0.394. The van der Waals surface area contributed by atoms with E-state index in [1.165, 1.54) is 27.5 Å². The topological polar surface area (TPSA) is 81.1 Å². The van der Waals surface area contributed by atoms with Crippen LogP contribution in [0.15, 0.2) is 103 Å². The lowest BCUT2D eigenvalue weighted by atomic mass is 9.96. The predicted octanol–water partition coefficient (Wildman–Crippen LogP) is 4.90. The number of carbonyl (C=O) groups is 2. The van der Waals surface area contributed by atoms with Crippen molar-refractivity contribution < 1.29 is 19.8 Å². The lowest BCUT2D eigenvalue weighted by Gasteiger charge is -2.40. The molecule has 0 unspecified atom stereocenters. The van der Waals surface area contributed by atoms with E-state index in [9.17, 15) is 0 Å². The fourth-order valence-electron chi connectivity index (χ4n) is 4.74. The van der Waals surface area contributed by atoms with Crippen LogP contribution in [0.5, 0.6) is 0 Å². The summed E-state index contributed by atoms with van der Waals surface area (Å²) in [4.78, 5) is 23.4. The van der Waals surface area contributed by atoms with E-state index in [0.29, 0.717) is 6.04 Å². The molecule has 4 aromatic rings. The minimum absolute atomic E-state index is 0.326. The molecule has 0 aliphatic carbocycles. The summed E-state index contributed by atoms with van der Waals surface area (Å²) >= 11 is 0. The Morgan fingerprint density at radius 1 is 0.639 bits per heavy atom. The first kappa shape index (κ1) is 25.1. The van der Waals surface area contributed by atoms with Gasteiger partial charge < -0.3 is 10.2 Å². The Kier molecular flexibility index (Phi) is 8.44. The lowest BCUT2D eigenvalue weighted by molar-refractivity contribution is -0.159. The van der Waals surface area contributed by atoms with Crippen LogP contribution in [-0.4, -0.2) is 58.1 Å². The second kappa shape index (κ2) is 12.1. The number of hydrogen-bond donors (Lipinski definition) is 2. The predicted molar refractivity (Wildman–Crippen MR) is 141 cm³/mol. The summed E-state index contributed by atoms with van der Waals surface area (Å²) in [6.07, 6.45) is 0. The van der Waals surface area contributed by atoms with Gasteiger partial charge in [-0.15, -0.1) is 0 Å². The summed E-state index contributed by atoms with van der Waals surface area (Å²) in [6.45, 7) is 5.38. The molecule has 0 saturated carbocycles. The Bertz CT molecular complexity index is 1230. The summed E-state index contributed by atoms with van der Waals surface area (Å²) in [5, 5.41) is 17.5. The van der Waals surface area contributed by atoms with Crippen molar-refractivity contribution in [2.75, 3.05) is 26.2 Å². The molecule has 5 rings (SSSR count). The van der Waals surface area contributed by atoms with Crippen LogP contribution in [0.2, 0.25) is 0 Å². The molecule has 4 aromatic carbocycles. The zero-order chi connectivity index (χ0) is 25.3.